The van der Waals surface area contributed by atoms with E-state index in [1.165, 1.54) is 10.8 Å². The van der Waals surface area contributed by atoms with Crippen LogP contribution < -0.4 is 5.43 Å². The second-order valence-electron chi connectivity index (χ2n) is 7.72. The quantitative estimate of drug-likeness (QED) is 0.360. The first-order valence-electron chi connectivity index (χ1n) is 10.6. The summed E-state index contributed by atoms with van der Waals surface area (Å²) in [5.41, 5.74) is 3.35. The lowest BCUT2D eigenvalue weighted by Crippen LogP contribution is -2.15. The molecule has 0 atom stereocenters. The highest BCUT2D eigenvalue weighted by Crippen LogP contribution is 2.19. The van der Waals surface area contributed by atoms with Crippen LogP contribution in [-0.2, 0) is 11.3 Å². The molecule has 0 aliphatic rings. The van der Waals surface area contributed by atoms with Crippen LogP contribution in [0.3, 0.4) is 0 Å². The Morgan fingerprint density at radius 3 is 1.67 bits per heavy atom. The minimum atomic E-state index is -0.932. The molecule has 0 aliphatic carbocycles. The monoisotopic (exact) mass is 432 g/mol. The van der Waals surface area contributed by atoms with Gasteiger partial charge in [-0.1, -0.05) is 60.7 Å². The zero-order chi connectivity index (χ0) is 22.8. The van der Waals surface area contributed by atoms with Gasteiger partial charge >= 0.3 is 5.97 Å². The molecule has 4 aromatic carbocycles. The molecular weight excluding hydrogens is 412 g/mol. The standard InChI is InChI=1S/C15H11NO3.C13H9N/c17-14(18)9-16-12-7-3-1-5-10(12)15(19)11-6-2-4-8-13(11)16;1-3-7-12-10(5-1)9-11-6-2-4-8-13(11)14-12/h1-8H,9H2,(H,17,18);1-9H. The minimum absolute atomic E-state index is 0.0622. The fraction of sp³-hybridized carbons (Fsp3) is 0.0357. The van der Waals surface area contributed by atoms with Gasteiger partial charge < -0.3 is 9.67 Å². The van der Waals surface area contributed by atoms with E-state index in [-0.39, 0.29) is 12.0 Å². The second-order valence-corrected chi connectivity index (χ2v) is 7.72. The van der Waals surface area contributed by atoms with E-state index in [0.717, 1.165) is 11.0 Å². The van der Waals surface area contributed by atoms with Gasteiger partial charge in [0.2, 0.25) is 0 Å². The number of pyridine rings is 2. The molecule has 5 nitrogen and oxygen atoms in total. The Hall–Kier alpha value is -4.51. The molecule has 0 spiro atoms. The van der Waals surface area contributed by atoms with Gasteiger partial charge in [0.05, 0.1) is 22.1 Å². The van der Waals surface area contributed by atoms with Gasteiger partial charge in [-0.05, 0) is 42.5 Å². The zero-order valence-corrected chi connectivity index (χ0v) is 17.7. The van der Waals surface area contributed by atoms with Crippen LogP contribution >= 0.6 is 0 Å². The number of rotatable bonds is 2. The van der Waals surface area contributed by atoms with E-state index in [4.69, 9.17) is 5.11 Å². The van der Waals surface area contributed by atoms with E-state index < -0.39 is 5.97 Å². The molecular formula is C28H20N2O3. The van der Waals surface area contributed by atoms with Crippen molar-refractivity contribution in [3.63, 3.8) is 0 Å². The highest BCUT2D eigenvalue weighted by atomic mass is 16.4. The van der Waals surface area contributed by atoms with Gasteiger partial charge in [0.25, 0.3) is 0 Å². The van der Waals surface area contributed by atoms with Crippen LogP contribution in [0.1, 0.15) is 0 Å². The number of carboxylic acid groups (broad SMARTS) is 1. The molecule has 0 fully saturated rings. The molecule has 0 aliphatic heterocycles. The van der Waals surface area contributed by atoms with Gasteiger partial charge in [-0.3, -0.25) is 9.59 Å². The maximum Gasteiger partial charge on any atom is 0.323 e. The highest BCUT2D eigenvalue weighted by molar-refractivity contribution is 5.94. The highest BCUT2D eigenvalue weighted by Gasteiger charge is 2.11. The van der Waals surface area contributed by atoms with Gasteiger partial charge in [0, 0.05) is 21.5 Å². The average Bonchev–Trinajstić information content (AvgIpc) is 2.85. The lowest BCUT2D eigenvalue weighted by Gasteiger charge is -2.12. The number of benzene rings is 4. The van der Waals surface area contributed by atoms with Crippen LogP contribution in [0.2, 0.25) is 0 Å². The minimum Gasteiger partial charge on any atom is -0.480 e. The van der Waals surface area contributed by atoms with Crippen molar-refractivity contribution >= 4 is 49.6 Å². The van der Waals surface area contributed by atoms with Gasteiger partial charge in [0.1, 0.15) is 6.54 Å². The summed E-state index contributed by atoms with van der Waals surface area (Å²) >= 11 is 0. The van der Waals surface area contributed by atoms with Crippen molar-refractivity contribution in [3.05, 3.63) is 113 Å². The van der Waals surface area contributed by atoms with Crippen molar-refractivity contribution in [1.82, 2.24) is 9.55 Å². The summed E-state index contributed by atoms with van der Waals surface area (Å²) in [5.74, 6) is -0.932. The average molecular weight is 432 g/mol. The molecule has 160 valence electrons. The molecule has 1 N–H and O–H groups in total. The molecule has 0 saturated heterocycles. The van der Waals surface area contributed by atoms with Crippen LogP contribution in [0, 0.1) is 0 Å². The molecule has 6 rings (SSSR count). The maximum absolute atomic E-state index is 12.4. The van der Waals surface area contributed by atoms with E-state index in [1.807, 2.05) is 36.4 Å². The summed E-state index contributed by atoms with van der Waals surface area (Å²) in [4.78, 5) is 28.0. The first kappa shape index (κ1) is 20.4. The fourth-order valence-electron chi connectivity index (χ4n) is 4.10. The molecule has 6 aromatic rings. The second kappa shape index (κ2) is 8.55. The summed E-state index contributed by atoms with van der Waals surface area (Å²) in [6, 6.07) is 32.7. The van der Waals surface area contributed by atoms with Crippen molar-refractivity contribution in [2.45, 2.75) is 6.54 Å². The van der Waals surface area contributed by atoms with E-state index in [1.54, 1.807) is 53.1 Å². The number of fused-ring (bicyclic) bond motifs is 4. The molecule has 0 unspecified atom stereocenters. The Morgan fingerprint density at radius 2 is 1.15 bits per heavy atom. The van der Waals surface area contributed by atoms with E-state index in [2.05, 4.69) is 23.2 Å². The molecule has 2 heterocycles. The van der Waals surface area contributed by atoms with Crippen molar-refractivity contribution in [2.75, 3.05) is 0 Å². The Kier molecular flexibility index (Phi) is 5.29. The lowest BCUT2D eigenvalue weighted by atomic mass is 10.1. The van der Waals surface area contributed by atoms with Crippen LogP contribution in [0.25, 0.3) is 43.6 Å². The van der Waals surface area contributed by atoms with Gasteiger partial charge in [0.15, 0.2) is 5.43 Å². The third-order valence-electron chi connectivity index (χ3n) is 5.60. The maximum atomic E-state index is 12.4. The number of hydrogen-bond donors (Lipinski definition) is 1. The van der Waals surface area contributed by atoms with Crippen LogP contribution in [0.5, 0.6) is 0 Å². The number of carbonyl (C=O) groups is 1. The Labute approximate surface area is 189 Å². The summed E-state index contributed by atoms with van der Waals surface area (Å²) < 4.78 is 1.66. The van der Waals surface area contributed by atoms with Gasteiger partial charge in [-0.15, -0.1) is 0 Å². The van der Waals surface area contributed by atoms with Crippen LogP contribution in [-0.4, -0.2) is 20.6 Å². The summed E-state index contributed by atoms with van der Waals surface area (Å²) in [6.45, 7) is -0.165. The molecule has 5 heteroatoms. The molecule has 0 saturated carbocycles. The van der Waals surface area contributed by atoms with Crippen LogP contribution in [0.4, 0.5) is 0 Å². The molecule has 0 radical (unpaired) electrons. The predicted molar refractivity (Wildman–Crippen MR) is 133 cm³/mol. The third kappa shape index (κ3) is 3.92. The largest absolute Gasteiger partial charge is 0.480 e. The molecule has 2 aromatic heterocycles. The van der Waals surface area contributed by atoms with E-state index in [9.17, 15) is 9.59 Å². The first-order chi connectivity index (χ1) is 16.1. The van der Waals surface area contributed by atoms with Crippen LogP contribution in [0.15, 0.2) is 108 Å². The molecule has 0 amide bonds. The van der Waals surface area contributed by atoms with Gasteiger partial charge in [-0.2, -0.15) is 0 Å². The number of carboxylic acids is 1. The Bertz CT molecular complexity index is 1540. The zero-order valence-electron chi connectivity index (χ0n) is 17.7. The normalized spacial score (nSPS) is 10.9. The van der Waals surface area contributed by atoms with Crippen molar-refractivity contribution in [2.24, 2.45) is 0 Å². The number of para-hydroxylation sites is 4. The predicted octanol–water partition coefficient (Wildman–Crippen LogP) is 5.63. The van der Waals surface area contributed by atoms with Crippen molar-refractivity contribution in [3.8, 4) is 0 Å². The number of aliphatic carboxylic acids is 1. The first-order valence-corrected chi connectivity index (χ1v) is 10.6. The molecule has 0 bridgehead atoms. The smallest absolute Gasteiger partial charge is 0.323 e. The van der Waals surface area contributed by atoms with E-state index >= 15 is 0 Å². The third-order valence-corrected chi connectivity index (χ3v) is 5.60. The Balaban J connectivity index is 0.000000144. The number of nitrogens with zero attached hydrogens (tertiary/aromatic N) is 2. The number of hydrogen-bond acceptors (Lipinski definition) is 3. The van der Waals surface area contributed by atoms with Crippen molar-refractivity contribution in [1.29, 1.82) is 0 Å². The van der Waals surface area contributed by atoms with Crippen molar-refractivity contribution < 1.29 is 9.90 Å². The Morgan fingerprint density at radius 1 is 0.697 bits per heavy atom. The summed E-state index contributed by atoms with van der Waals surface area (Å²) in [6.07, 6.45) is 0. The van der Waals surface area contributed by atoms with E-state index in [0.29, 0.717) is 21.8 Å². The molecule has 33 heavy (non-hydrogen) atoms. The lowest BCUT2D eigenvalue weighted by molar-refractivity contribution is -0.137. The number of aromatic nitrogens is 2. The van der Waals surface area contributed by atoms with Gasteiger partial charge in [-0.25, -0.2) is 4.98 Å². The fourth-order valence-corrected chi connectivity index (χ4v) is 4.10. The SMILES string of the molecule is O=C(O)Cn1c2ccccc2c(=O)c2ccccc21.c1ccc2nc3ccccc3cc2c1. The summed E-state index contributed by atoms with van der Waals surface area (Å²) in [7, 11) is 0. The summed E-state index contributed by atoms with van der Waals surface area (Å²) in [5, 5.41) is 12.5. The topological polar surface area (TPSA) is 72.2 Å².